The quantitative estimate of drug-likeness (QED) is 0.629. The van der Waals surface area contributed by atoms with Gasteiger partial charge in [-0.1, -0.05) is 0 Å². The molecule has 0 aromatic carbocycles. The number of rotatable bonds is 3. The average molecular weight is 171 g/mol. The molecule has 3 nitrogen and oxygen atoms in total. The number of nitrogens with one attached hydrogen (secondary N) is 1. The molecule has 1 saturated heterocycles. The van der Waals surface area contributed by atoms with Gasteiger partial charge in [-0.15, -0.1) is 0 Å². The van der Waals surface area contributed by atoms with Gasteiger partial charge in [-0.3, -0.25) is 0 Å². The summed E-state index contributed by atoms with van der Waals surface area (Å²) in [4.78, 5) is 2.22. The molecule has 1 fully saturated rings. The first-order valence-electron chi connectivity index (χ1n) is 4.82. The Kier molecular flexibility index (Phi) is 3.98. The van der Waals surface area contributed by atoms with E-state index in [0.717, 1.165) is 25.9 Å². The zero-order valence-electron chi connectivity index (χ0n) is 8.21. The van der Waals surface area contributed by atoms with Crippen molar-refractivity contribution in [3.63, 3.8) is 0 Å². The van der Waals surface area contributed by atoms with Crippen LogP contribution in [0.1, 0.15) is 19.3 Å². The van der Waals surface area contributed by atoms with E-state index in [1.54, 1.807) is 0 Å². The Hall–Kier alpha value is -0.120. The standard InChI is InChI=1S/C9H21N3/c1-12(2)6-4-9-7-8(10)3-5-11-9/h8-9,11H,3-7,10H2,1-2H3/t8-,9-/m1/s1. The Balaban J connectivity index is 2.14. The lowest BCUT2D eigenvalue weighted by Gasteiger charge is -2.28. The van der Waals surface area contributed by atoms with Gasteiger partial charge in [0.15, 0.2) is 0 Å². The fourth-order valence-corrected chi connectivity index (χ4v) is 1.67. The second-order valence-corrected chi connectivity index (χ2v) is 4.03. The highest BCUT2D eigenvalue weighted by Crippen LogP contribution is 2.09. The van der Waals surface area contributed by atoms with Crippen LogP contribution >= 0.6 is 0 Å². The monoisotopic (exact) mass is 171 g/mol. The minimum Gasteiger partial charge on any atom is -0.328 e. The van der Waals surface area contributed by atoms with E-state index >= 15 is 0 Å². The third-order valence-corrected chi connectivity index (χ3v) is 2.46. The molecule has 2 atom stereocenters. The second kappa shape index (κ2) is 4.80. The van der Waals surface area contributed by atoms with E-state index in [4.69, 9.17) is 5.73 Å². The van der Waals surface area contributed by atoms with Crippen LogP contribution in [0.2, 0.25) is 0 Å². The van der Waals surface area contributed by atoms with Gasteiger partial charge in [0.25, 0.3) is 0 Å². The lowest BCUT2D eigenvalue weighted by Crippen LogP contribution is -2.44. The van der Waals surface area contributed by atoms with Gasteiger partial charge in [0.1, 0.15) is 0 Å². The summed E-state index contributed by atoms with van der Waals surface area (Å²) in [5, 5.41) is 3.50. The van der Waals surface area contributed by atoms with Crippen molar-refractivity contribution in [3.05, 3.63) is 0 Å². The molecule has 1 heterocycles. The molecule has 1 aliphatic rings. The van der Waals surface area contributed by atoms with Gasteiger partial charge in [-0.25, -0.2) is 0 Å². The molecule has 0 bridgehead atoms. The maximum absolute atomic E-state index is 5.88. The van der Waals surface area contributed by atoms with E-state index in [9.17, 15) is 0 Å². The van der Waals surface area contributed by atoms with Crippen molar-refractivity contribution in [1.29, 1.82) is 0 Å². The normalized spacial score (nSPS) is 31.0. The lowest BCUT2D eigenvalue weighted by atomic mass is 9.98. The molecule has 12 heavy (non-hydrogen) atoms. The van der Waals surface area contributed by atoms with E-state index in [-0.39, 0.29) is 0 Å². The summed E-state index contributed by atoms with van der Waals surface area (Å²) in [5.74, 6) is 0. The zero-order valence-corrected chi connectivity index (χ0v) is 8.21. The van der Waals surface area contributed by atoms with Crippen molar-refractivity contribution >= 4 is 0 Å². The largest absolute Gasteiger partial charge is 0.328 e. The zero-order chi connectivity index (χ0) is 8.97. The van der Waals surface area contributed by atoms with Crippen molar-refractivity contribution in [1.82, 2.24) is 10.2 Å². The van der Waals surface area contributed by atoms with Gasteiger partial charge in [-0.2, -0.15) is 0 Å². The fourth-order valence-electron chi connectivity index (χ4n) is 1.67. The van der Waals surface area contributed by atoms with Crippen LogP contribution in [-0.2, 0) is 0 Å². The fraction of sp³-hybridized carbons (Fsp3) is 1.00. The van der Waals surface area contributed by atoms with E-state index in [2.05, 4.69) is 24.3 Å². The van der Waals surface area contributed by atoms with Gasteiger partial charge >= 0.3 is 0 Å². The second-order valence-electron chi connectivity index (χ2n) is 4.03. The molecule has 0 aromatic rings. The molecule has 3 heteroatoms. The van der Waals surface area contributed by atoms with Gasteiger partial charge in [0, 0.05) is 12.1 Å². The van der Waals surface area contributed by atoms with Crippen LogP contribution in [0.25, 0.3) is 0 Å². The summed E-state index contributed by atoms with van der Waals surface area (Å²) in [6, 6.07) is 1.08. The average Bonchev–Trinajstić information content (AvgIpc) is 2.01. The number of piperidine rings is 1. The number of nitrogens with two attached hydrogens (primary N) is 1. The van der Waals surface area contributed by atoms with Crippen LogP contribution in [0, 0.1) is 0 Å². The molecular formula is C9H21N3. The summed E-state index contributed by atoms with van der Waals surface area (Å²) >= 11 is 0. The molecule has 0 aromatic heterocycles. The summed E-state index contributed by atoms with van der Waals surface area (Å²) < 4.78 is 0. The highest BCUT2D eigenvalue weighted by molar-refractivity contribution is 4.80. The number of nitrogens with zero attached hydrogens (tertiary/aromatic N) is 1. The van der Waals surface area contributed by atoms with Crippen LogP contribution in [0.4, 0.5) is 0 Å². The number of hydrogen-bond acceptors (Lipinski definition) is 3. The van der Waals surface area contributed by atoms with E-state index < -0.39 is 0 Å². The maximum Gasteiger partial charge on any atom is 0.00939 e. The van der Waals surface area contributed by atoms with Crippen molar-refractivity contribution in [2.75, 3.05) is 27.2 Å². The van der Waals surface area contributed by atoms with E-state index in [0.29, 0.717) is 12.1 Å². The van der Waals surface area contributed by atoms with Gasteiger partial charge < -0.3 is 16.0 Å². The molecule has 0 saturated carbocycles. The van der Waals surface area contributed by atoms with E-state index in [1.807, 2.05) is 0 Å². The van der Waals surface area contributed by atoms with Crippen LogP contribution in [0.15, 0.2) is 0 Å². The van der Waals surface area contributed by atoms with Crippen molar-refractivity contribution in [2.45, 2.75) is 31.3 Å². The third kappa shape index (κ3) is 3.52. The minimum atomic E-state index is 0.429. The third-order valence-electron chi connectivity index (χ3n) is 2.46. The van der Waals surface area contributed by atoms with Crippen LogP contribution in [-0.4, -0.2) is 44.2 Å². The Morgan fingerprint density at radius 3 is 2.83 bits per heavy atom. The number of hydrogen-bond donors (Lipinski definition) is 2. The molecule has 0 spiro atoms. The predicted octanol–water partition coefficient (Wildman–Crippen LogP) is 0.0174. The van der Waals surface area contributed by atoms with Crippen LogP contribution < -0.4 is 11.1 Å². The van der Waals surface area contributed by atoms with Crippen LogP contribution in [0.3, 0.4) is 0 Å². The first kappa shape index (κ1) is 9.96. The van der Waals surface area contributed by atoms with Crippen molar-refractivity contribution in [2.24, 2.45) is 5.73 Å². The molecular weight excluding hydrogens is 150 g/mol. The lowest BCUT2D eigenvalue weighted by molar-refractivity contribution is 0.305. The van der Waals surface area contributed by atoms with Crippen molar-refractivity contribution in [3.8, 4) is 0 Å². The summed E-state index contributed by atoms with van der Waals surface area (Å²) in [6.07, 6.45) is 3.51. The summed E-state index contributed by atoms with van der Waals surface area (Å²) in [5.41, 5.74) is 5.88. The minimum absolute atomic E-state index is 0.429. The maximum atomic E-state index is 5.88. The summed E-state index contributed by atoms with van der Waals surface area (Å²) in [7, 11) is 4.23. The Bertz CT molecular complexity index is 125. The smallest absolute Gasteiger partial charge is 0.00939 e. The van der Waals surface area contributed by atoms with Crippen LogP contribution in [0.5, 0.6) is 0 Å². The Morgan fingerprint density at radius 2 is 2.25 bits per heavy atom. The molecule has 0 aliphatic carbocycles. The highest BCUT2D eigenvalue weighted by Gasteiger charge is 2.17. The Morgan fingerprint density at radius 1 is 1.50 bits per heavy atom. The molecule has 0 amide bonds. The van der Waals surface area contributed by atoms with Crippen molar-refractivity contribution < 1.29 is 0 Å². The SMILES string of the molecule is CN(C)CC[C@@H]1C[C@H](N)CCN1. The Labute approximate surface area is 75.3 Å². The topological polar surface area (TPSA) is 41.3 Å². The highest BCUT2D eigenvalue weighted by atomic mass is 15.1. The summed E-state index contributed by atoms with van der Waals surface area (Å²) in [6.45, 7) is 2.25. The van der Waals surface area contributed by atoms with Gasteiger partial charge in [0.05, 0.1) is 0 Å². The first-order chi connectivity index (χ1) is 5.68. The molecule has 0 radical (unpaired) electrons. The molecule has 72 valence electrons. The van der Waals surface area contributed by atoms with Gasteiger partial charge in [-0.05, 0) is 46.4 Å². The first-order valence-corrected chi connectivity index (χ1v) is 4.82. The predicted molar refractivity (Wildman–Crippen MR) is 52.2 cm³/mol. The molecule has 3 N–H and O–H groups in total. The van der Waals surface area contributed by atoms with E-state index in [1.165, 1.54) is 6.42 Å². The molecule has 0 unspecified atom stereocenters. The van der Waals surface area contributed by atoms with Gasteiger partial charge in [0.2, 0.25) is 0 Å². The molecule has 1 aliphatic heterocycles. The molecule has 1 rings (SSSR count).